The van der Waals surface area contributed by atoms with E-state index in [1.807, 2.05) is 0 Å². The molecule has 0 bridgehead atoms. The largest absolute Gasteiger partial charge is 0.286 e. The van der Waals surface area contributed by atoms with Crippen LogP contribution in [0.1, 0.15) is 40.0 Å². The van der Waals surface area contributed by atoms with Gasteiger partial charge in [0.1, 0.15) is 0 Å². The normalized spacial score (nSPS) is 23.1. The Hall–Kier alpha value is -0.123. The zero-order chi connectivity index (χ0) is 11.5. The highest BCUT2D eigenvalue weighted by Gasteiger charge is 2.39. The van der Waals surface area contributed by atoms with Gasteiger partial charge in [0.15, 0.2) is 0 Å². The molecule has 0 unspecified atom stereocenters. The number of rotatable bonds is 3. The highest BCUT2D eigenvalue weighted by atomic mass is 28.4. The van der Waals surface area contributed by atoms with Crippen molar-refractivity contribution >= 4 is 8.32 Å². The molecule has 15 heavy (non-hydrogen) atoms. The summed E-state index contributed by atoms with van der Waals surface area (Å²) in [4.78, 5) is 5.58. The third kappa shape index (κ3) is 3.74. The van der Waals surface area contributed by atoms with Crippen molar-refractivity contribution in [3.8, 4) is 0 Å². The van der Waals surface area contributed by atoms with Crippen molar-refractivity contribution < 1.29 is 9.46 Å². The maximum atomic E-state index is 5.74. The fraction of sp³-hybridized carbons (Fsp3) is 0.833. The summed E-state index contributed by atoms with van der Waals surface area (Å²) in [7, 11) is -1.74. The van der Waals surface area contributed by atoms with Gasteiger partial charge in [-0.05, 0) is 37.4 Å². The third-order valence-corrected chi connectivity index (χ3v) is 7.54. The van der Waals surface area contributed by atoms with E-state index >= 15 is 0 Å². The SMILES string of the molecule is CC(C)(C)[Si](C)(C)OO[C@@H]1CC=CCC1. The van der Waals surface area contributed by atoms with Crippen LogP contribution in [-0.2, 0) is 9.46 Å². The number of allylic oxidation sites excluding steroid dienone is 1. The first-order valence-corrected chi connectivity index (χ1v) is 8.73. The van der Waals surface area contributed by atoms with E-state index in [9.17, 15) is 0 Å². The van der Waals surface area contributed by atoms with Crippen LogP contribution in [0, 0.1) is 0 Å². The van der Waals surface area contributed by atoms with Gasteiger partial charge in [0.05, 0.1) is 6.10 Å². The first-order chi connectivity index (χ1) is 6.83. The summed E-state index contributed by atoms with van der Waals surface area (Å²) in [6.07, 6.45) is 7.87. The van der Waals surface area contributed by atoms with Gasteiger partial charge in [0, 0.05) is 0 Å². The van der Waals surface area contributed by atoms with Crippen LogP contribution in [0.25, 0.3) is 0 Å². The van der Waals surface area contributed by atoms with Crippen LogP contribution in [0.4, 0.5) is 0 Å². The molecule has 0 aliphatic heterocycles. The second-order valence-corrected chi connectivity index (χ2v) is 10.5. The fourth-order valence-corrected chi connectivity index (χ4v) is 1.79. The van der Waals surface area contributed by atoms with Crippen molar-refractivity contribution in [2.24, 2.45) is 0 Å². The molecule has 0 N–H and O–H groups in total. The van der Waals surface area contributed by atoms with Gasteiger partial charge >= 0.3 is 0 Å². The van der Waals surface area contributed by atoms with Crippen LogP contribution in [0.15, 0.2) is 12.2 Å². The maximum Gasteiger partial charge on any atom is 0.238 e. The van der Waals surface area contributed by atoms with E-state index in [-0.39, 0.29) is 11.1 Å². The summed E-state index contributed by atoms with van der Waals surface area (Å²) in [5.41, 5.74) is 0. The second-order valence-electron chi connectivity index (χ2n) is 5.85. The molecule has 1 atom stereocenters. The Morgan fingerprint density at radius 2 is 1.87 bits per heavy atom. The molecule has 1 aliphatic rings. The Morgan fingerprint density at radius 1 is 1.20 bits per heavy atom. The summed E-state index contributed by atoms with van der Waals surface area (Å²) < 4.78 is 5.74. The molecule has 0 saturated carbocycles. The van der Waals surface area contributed by atoms with Crippen molar-refractivity contribution in [1.29, 1.82) is 0 Å². The molecule has 0 radical (unpaired) electrons. The van der Waals surface area contributed by atoms with E-state index < -0.39 is 8.32 Å². The van der Waals surface area contributed by atoms with Crippen LogP contribution < -0.4 is 0 Å². The summed E-state index contributed by atoms with van der Waals surface area (Å²) in [6.45, 7) is 11.1. The molecule has 1 rings (SSSR count). The summed E-state index contributed by atoms with van der Waals surface area (Å²) >= 11 is 0. The van der Waals surface area contributed by atoms with Gasteiger partial charge in [-0.1, -0.05) is 32.9 Å². The Balaban J connectivity index is 2.39. The molecule has 0 aromatic carbocycles. The minimum atomic E-state index is -1.74. The summed E-state index contributed by atoms with van der Waals surface area (Å²) in [5.74, 6) is 0. The van der Waals surface area contributed by atoms with E-state index in [0.717, 1.165) is 19.3 Å². The zero-order valence-corrected chi connectivity index (χ0v) is 11.7. The first-order valence-electron chi connectivity index (χ1n) is 5.82. The van der Waals surface area contributed by atoms with Gasteiger partial charge < -0.3 is 0 Å². The predicted molar refractivity (Wildman–Crippen MR) is 66.1 cm³/mol. The molecule has 88 valence electrons. The standard InChI is InChI=1S/C12H24O2Si/c1-12(2,3)15(4,5)14-13-11-9-7-6-8-10-11/h6-7,11H,8-10H2,1-5H3/t11-/m1/s1. The number of hydrogen-bond donors (Lipinski definition) is 0. The van der Waals surface area contributed by atoms with E-state index in [0.29, 0.717) is 0 Å². The molecule has 0 spiro atoms. The fourth-order valence-electron chi connectivity index (χ4n) is 1.17. The van der Waals surface area contributed by atoms with Crippen molar-refractivity contribution in [3.05, 3.63) is 12.2 Å². The Kier molecular flexibility index (Phi) is 4.15. The average molecular weight is 228 g/mol. The summed E-state index contributed by atoms with van der Waals surface area (Å²) in [5, 5.41) is 0.220. The van der Waals surface area contributed by atoms with Crippen LogP contribution in [0.2, 0.25) is 18.1 Å². The van der Waals surface area contributed by atoms with E-state index in [1.54, 1.807) is 0 Å². The zero-order valence-electron chi connectivity index (χ0n) is 10.7. The lowest BCUT2D eigenvalue weighted by molar-refractivity contribution is -0.258. The molecule has 2 nitrogen and oxygen atoms in total. The quantitative estimate of drug-likeness (QED) is 0.314. The van der Waals surface area contributed by atoms with Gasteiger partial charge in [0.25, 0.3) is 0 Å². The highest BCUT2D eigenvalue weighted by molar-refractivity contribution is 6.73. The van der Waals surface area contributed by atoms with E-state index in [4.69, 9.17) is 9.46 Å². The van der Waals surface area contributed by atoms with Crippen molar-refractivity contribution in [1.82, 2.24) is 0 Å². The monoisotopic (exact) mass is 228 g/mol. The molecule has 0 heterocycles. The highest BCUT2D eigenvalue weighted by Crippen LogP contribution is 2.37. The van der Waals surface area contributed by atoms with Crippen LogP contribution in [0.3, 0.4) is 0 Å². The minimum Gasteiger partial charge on any atom is -0.286 e. The van der Waals surface area contributed by atoms with Gasteiger partial charge in [-0.3, -0.25) is 4.58 Å². The molecule has 1 aliphatic carbocycles. The maximum absolute atomic E-state index is 5.74. The predicted octanol–water partition coefficient (Wildman–Crippen LogP) is 4.05. The molecule has 0 aromatic heterocycles. The van der Waals surface area contributed by atoms with Crippen molar-refractivity contribution in [2.45, 2.75) is 64.3 Å². The van der Waals surface area contributed by atoms with Gasteiger partial charge in [-0.25, -0.2) is 4.89 Å². The van der Waals surface area contributed by atoms with Crippen LogP contribution in [-0.4, -0.2) is 14.4 Å². The molecule has 0 aromatic rings. The molecule has 0 amide bonds. The first kappa shape index (κ1) is 12.9. The minimum absolute atomic E-state index is 0.220. The lowest BCUT2D eigenvalue weighted by Crippen LogP contribution is -2.41. The molecular weight excluding hydrogens is 204 g/mol. The summed E-state index contributed by atoms with van der Waals surface area (Å²) in [6, 6.07) is 0. The van der Waals surface area contributed by atoms with Gasteiger partial charge in [0.2, 0.25) is 8.32 Å². The molecule has 0 fully saturated rings. The van der Waals surface area contributed by atoms with Crippen molar-refractivity contribution in [3.63, 3.8) is 0 Å². The van der Waals surface area contributed by atoms with Crippen LogP contribution >= 0.6 is 0 Å². The number of hydrogen-bond acceptors (Lipinski definition) is 2. The van der Waals surface area contributed by atoms with Crippen LogP contribution in [0.5, 0.6) is 0 Å². The third-order valence-electron chi connectivity index (χ3n) is 3.42. The van der Waals surface area contributed by atoms with E-state index in [2.05, 4.69) is 46.0 Å². The van der Waals surface area contributed by atoms with Gasteiger partial charge in [-0.15, -0.1) is 0 Å². The Morgan fingerprint density at radius 3 is 2.33 bits per heavy atom. The Bertz CT molecular complexity index is 228. The molecule has 0 saturated heterocycles. The smallest absolute Gasteiger partial charge is 0.238 e. The second kappa shape index (κ2) is 4.81. The molecule has 3 heteroatoms. The Labute approximate surface area is 94.7 Å². The van der Waals surface area contributed by atoms with Gasteiger partial charge in [-0.2, -0.15) is 0 Å². The molecular formula is C12H24O2Si. The average Bonchev–Trinajstić information content (AvgIpc) is 2.15. The lowest BCUT2D eigenvalue weighted by Gasteiger charge is -2.35. The van der Waals surface area contributed by atoms with E-state index in [1.165, 1.54) is 0 Å². The topological polar surface area (TPSA) is 18.5 Å². The lowest BCUT2D eigenvalue weighted by atomic mass is 10.1. The van der Waals surface area contributed by atoms with Crippen molar-refractivity contribution in [2.75, 3.05) is 0 Å².